The van der Waals surface area contributed by atoms with Crippen LogP contribution in [0.5, 0.6) is 5.75 Å². The lowest BCUT2D eigenvalue weighted by Crippen LogP contribution is -1.72. The summed E-state index contributed by atoms with van der Waals surface area (Å²) in [6, 6.07) is 2.74. The maximum atomic E-state index is 9.33. The second kappa shape index (κ2) is 5.83. The lowest BCUT2D eigenvalue weighted by atomic mass is 10.3. The molecule has 2 aromatic rings. The smallest absolute Gasteiger partial charge is 0.252 e. The molecule has 18 heavy (non-hydrogen) atoms. The second-order valence-corrected chi connectivity index (χ2v) is 5.83. The maximum absolute atomic E-state index is 9.33. The molecule has 0 aliphatic heterocycles. The van der Waals surface area contributed by atoms with E-state index in [2.05, 4.69) is 20.4 Å². The SMILES string of the molecule is CSc1nnc(N=Nc2cc(Cl)c(O)cc2Cl)s1. The average Bonchev–Trinajstić information content (AvgIpc) is 2.80. The van der Waals surface area contributed by atoms with Gasteiger partial charge in [0.05, 0.1) is 10.0 Å². The van der Waals surface area contributed by atoms with Crippen molar-refractivity contribution in [2.45, 2.75) is 4.34 Å². The van der Waals surface area contributed by atoms with Crippen molar-refractivity contribution in [3.05, 3.63) is 22.2 Å². The van der Waals surface area contributed by atoms with Crippen molar-refractivity contribution in [1.82, 2.24) is 10.2 Å². The molecule has 9 heteroatoms. The Hall–Kier alpha value is -0.890. The number of hydrogen-bond acceptors (Lipinski definition) is 7. The molecule has 1 aromatic carbocycles. The number of hydrogen-bond donors (Lipinski definition) is 1. The van der Waals surface area contributed by atoms with E-state index in [9.17, 15) is 5.11 Å². The number of aromatic nitrogens is 2. The minimum absolute atomic E-state index is 0.0961. The minimum atomic E-state index is -0.0961. The highest BCUT2D eigenvalue weighted by Gasteiger charge is 2.06. The van der Waals surface area contributed by atoms with E-state index in [-0.39, 0.29) is 15.8 Å². The van der Waals surface area contributed by atoms with Gasteiger partial charge in [-0.05, 0) is 12.3 Å². The Morgan fingerprint density at radius 1 is 1.22 bits per heavy atom. The zero-order valence-electron chi connectivity index (χ0n) is 8.96. The molecule has 5 nitrogen and oxygen atoms in total. The van der Waals surface area contributed by atoms with Crippen molar-refractivity contribution in [2.75, 3.05) is 6.26 Å². The van der Waals surface area contributed by atoms with Crippen molar-refractivity contribution >= 4 is 57.1 Å². The molecule has 0 aliphatic rings. The fourth-order valence-corrected chi connectivity index (χ4v) is 2.46. The van der Waals surface area contributed by atoms with Crippen molar-refractivity contribution in [2.24, 2.45) is 10.2 Å². The summed E-state index contributed by atoms with van der Waals surface area (Å²) >= 11 is 14.4. The van der Waals surface area contributed by atoms with Crippen LogP contribution in [0.25, 0.3) is 0 Å². The highest BCUT2D eigenvalue weighted by Crippen LogP contribution is 2.36. The topological polar surface area (TPSA) is 70.7 Å². The molecule has 1 heterocycles. The number of halogens is 2. The van der Waals surface area contributed by atoms with E-state index in [1.165, 1.54) is 35.2 Å². The Labute approximate surface area is 121 Å². The summed E-state index contributed by atoms with van der Waals surface area (Å²) < 4.78 is 0.804. The average molecular weight is 321 g/mol. The van der Waals surface area contributed by atoms with Gasteiger partial charge in [-0.15, -0.1) is 20.4 Å². The highest BCUT2D eigenvalue weighted by molar-refractivity contribution is 8.00. The van der Waals surface area contributed by atoms with Crippen LogP contribution in [-0.4, -0.2) is 21.6 Å². The van der Waals surface area contributed by atoms with Crippen molar-refractivity contribution in [1.29, 1.82) is 0 Å². The van der Waals surface area contributed by atoms with Gasteiger partial charge in [0.2, 0.25) is 0 Å². The number of nitrogens with zero attached hydrogens (tertiary/aromatic N) is 4. The molecular weight excluding hydrogens is 315 g/mol. The number of aromatic hydroxyl groups is 1. The summed E-state index contributed by atoms with van der Waals surface area (Å²) in [6.07, 6.45) is 1.90. The number of benzene rings is 1. The standard InChI is InChI=1S/C9H6Cl2N4OS2/c1-17-9-15-14-8(18-9)13-12-6-2-5(11)7(16)3-4(6)10/h2-3,16H,1H3. The normalized spacial score (nSPS) is 11.3. The van der Waals surface area contributed by atoms with E-state index in [1.807, 2.05) is 6.26 Å². The first kappa shape index (κ1) is 13.5. The Morgan fingerprint density at radius 2 is 2.00 bits per heavy atom. The first-order valence-electron chi connectivity index (χ1n) is 4.57. The lowest BCUT2D eigenvalue weighted by Gasteiger charge is -1.99. The van der Waals surface area contributed by atoms with Crippen LogP contribution in [0.3, 0.4) is 0 Å². The summed E-state index contributed by atoms with van der Waals surface area (Å²) in [5, 5.41) is 25.7. The number of phenols is 1. The van der Waals surface area contributed by atoms with Crippen LogP contribution in [-0.2, 0) is 0 Å². The fourth-order valence-electron chi connectivity index (χ4n) is 1.02. The van der Waals surface area contributed by atoms with E-state index in [0.717, 1.165) is 4.34 Å². The molecule has 1 N–H and O–H groups in total. The summed E-state index contributed by atoms with van der Waals surface area (Å²) in [5.41, 5.74) is 0.361. The van der Waals surface area contributed by atoms with Crippen molar-refractivity contribution < 1.29 is 5.11 Å². The van der Waals surface area contributed by atoms with Gasteiger partial charge in [0.1, 0.15) is 11.4 Å². The summed E-state index contributed by atoms with van der Waals surface area (Å²) in [5.74, 6) is -0.0961. The molecule has 0 fully saturated rings. The van der Waals surface area contributed by atoms with Gasteiger partial charge in [-0.3, -0.25) is 0 Å². The Bertz CT molecular complexity index is 602. The van der Waals surface area contributed by atoms with Crippen LogP contribution in [0.1, 0.15) is 0 Å². The van der Waals surface area contributed by atoms with Gasteiger partial charge >= 0.3 is 0 Å². The summed E-state index contributed by atoms with van der Waals surface area (Å²) in [7, 11) is 0. The van der Waals surface area contributed by atoms with Crippen LogP contribution in [0.2, 0.25) is 10.0 Å². The molecule has 0 atom stereocenters. The quantitative estimate of drug-likeness (QED) is 0.658. The molecule has 0 saturated carbocycles. The van der Waals surface area contributed by atoms with Gasteiger partial charge in [-0.2, -0.15) is 0 Å². The van der Waals surface area contributed by atoms with Crippen LogP contribution < -0.4 is 0 Å². The molecule has 2 rings (SSSR count). The van der Waals surface area contributed by atoms with Gasteiger partial charge < -0.3 is 5.11 Å². The summed E-state index contributed by atoms with van der Waals surface area (Å²) in [4.78, 5) is 0. The third-order valence-corrected chi connectivity index (χ3v) is 4.22. The van der Waals surface area contributed by atoms with Gasteiger partial charge in [0.25, 0.3) is 5.13 Å². The molecule has 0 radical (unpaired) electrons. The van der Waals surface area contributed by atoms with Crippen LogP contribution in [0.15, 0.2) is 26.7 Å². The van der Waals surface area contributed by atoms with Gasteiger partial charge in [0, 0.05) is 6.07 Å². The zero-order chi connectivity index (χ0) is 13.1. The monoisotopic (exact) mass is 320 g/mol. The van der Waals surface area contributed by atoms with Crippen molar-refractivity contribution in [3.8, 4) is 5.75 Å². The van der Waals surface area contributed by atoms with E-state index in [0.29, 0.717) is 10.8 Å². The summed E-state index contributed by atoms with van der Waals surface area (Å²) in [6.45, 7) is 0. The van der Waals surface area contributed by atoms with E-state index < -0.39 is 0 Å². The first-order valence-corrected chi connectivity index (χ1v) is 7.37. The van der Waals surface area contributed by atoms with Gasteiger partial charge in [-0.25, -0.2) is 0 Å². The molecule has 1 aromatic heterocycles. The predicted octanol–water partition coefficient (Wildman–Crippen LogP) is 4.69. The number of phenolic OH excluding ortho intramolecular Hbond substituents is 1. The number of azo groups is 1. The zero-order valence-corrected chi connectivity index (χ0v) is 12.1. The molecule has 0 amide bonds. The molecule has 0 bridgehead atoms. The lowest BCUT2D eigenvalue weighted by molar-refractivity contribution is 0.475. The van der Waals surface area contributed by atoms with E-state index in [4.69, 9.17) is 23.2 Å². The predicted molar refractivity (Wildman–Crippen MR) is 74.0 cm³/mol. The van der Waals surface area contributed by atoms with Crippen LogP contribution >= 0.6 is 46.3 Å². The minimum Gasteiger partial charge on any atom is -0.506 e. The molecular formula is C9H6Cl2N4OS2. The molecule has 0 saturated heterocycles. The van der Waals surface area contributed by atoms with E-state index >= 15 is 0 Å². The largest absolute Gasteiger partial charge is 0.506 e. The first-order chi connectivity index (χ1) is 8.60. The number of thioether (sulfide) groups is 1. The third kappa shape index (κ3) is 3.11. The van der Waals surface area contributed by atoms with Gasteiger partial charge in [-0.1, -0.05) is 46.3 Å². The van der Waals surface area contributed by atoms with Crippen LogP contribution in [0, 0.1) is 0 Å². The second-order valence-electron chi connectivity index (χ2n) is 3.01. The fraction of sp³-hybridized carbons (Fsp3) is 0.111. The molecule has 0 aliphatic carbocycles. The molecule has 0 spiro atoms. The Balaban J connectivity index is 2.25. The molecule has 0 unspecified atom stereocenters. The Kier molecular flexibility index (Phi) is 4.39. The number of rotatable bonds is 3. The van der Waals surface area contributed by atoms with Gasteiger partial charge in [0.15, 0.2) is 4.34 Å². The third-order valence-electron chi connectivity index (χ3n) is 1.83. The highest BCUT2D eigenvalue weighted by atomic mass is 35.5. The van der Waals surface area contributed by atoms with E-state index in [1.54, 1.807) is 0 Å². The van der Waals surface area contributed by atoms with Crippen molar-refractivity contribution in [3.63, 3.8) is 0 Å². The maximum Gasteiger partial charge on any atom is 0.252 e. The Morgan fingerprint density at radius 3 is 2.67 bits per heavy atom. The van der Waals surface area contributed by atoms with Crippen LogP contribution in [0.4, 0.5) is 10.8 Å². The molecule has 94 valence electrons.